The Kier molecular flexibility index (Phi) is 4.02. The summed E-state index contributed by atoms with van der Waals surface area (Å²) in [6.07, 6.45) is 0.773. The Bertz CT molecular complexity index is 426. The van der Waals surface area contributed by atoms with E-state index in [2.05, 4.69) is 6.92 Å². The van der Waals surface area contributed by atoms with Gasteiger partial charge in [0.25, 0.3) is 0 Å². The second-order valence-electron chi connectivity index (χ2n) is 5.12. The molecule has 1 aromatic carbocycles. The summed E-state index contributed by atoms with van der Waals surface area (Å²) in [5, 5.41) is 0. The van der Waals surface area contributed by atoms with Crippen molar-refractivity contribution in [3.63, 3.8) is 0 Å². The fourth-order valence-electron chi connectivity index (χ4n) is 2.19. The van der Waals surface area contributed by atoms with Crippen molar-refractivity contribution in [2.24, 2.45) is 5.92 Å². The fraction of sp³-hybridized carbons (Fsp3) is 0.533. The molecule has 1 aliphatic rings. The SMILES string of the molecule is CC(C)Oc1cccc(C(=O)C2OCCC2C)c1. The van der Waals surface area contributed by atoms with Crippen LogP contribution in [-0.2, 0) is 4.74 Å². The Balaban J connectivity index is 2.15. The molecule has 0 aliphatic carbocycles. The molecule has 3 nitrogen and oxygen atoms in total. The van der Waals surface area contributed by atoms with Gasteiger partial charge in [-0.1, -0.05) is 19.1 Å². The molecular weight excluding hydrogens is 228 g/mol. The molecule has 1 heterocycles. The van der Waals surface area contributed by atoms with Gasteiger partial charge in [-0.15, -0.1) is 0 Å². The number of carbonyl (C=O) groups excluding carboxylic acids is 1. The molecule has 0 saturated carbocycles. The van der Waals surface area contributed by atoms with E-state index in [1.807, 2.05) is 32.0 Å². The fourth-order valence-corrected chi connectivity index (χ4v) is 2.19. The highest BCUT2D eigenvalue weighted by Gasteiger charge is 2.31. The molecule has 0 bridgehead atoms. The molecule has 18 heavy (non-hydrogen) atoms. The molecule has 0 spiro atoms. The van der Waals surface area contributed by atoms with E-state index in [0.29, 0.717) is 18.1 Å². The van der Waals surface area contributed by atoms with Crippen LogP contribution in [0.5, 0.6) is 5.75 Å². The van der Waals surface area contributed by atoms with E-state index < -0.39 is 0 Å². The van der Waals surface area contributed by atoms with Crippen LogP contribution in [0.2, 0.25) is 0 Å². The van der Waals surface area contributed by atoms with Gasteiger partial charge in [0.1, 0.15) is 11.9 Å². The third-order valence-corrected chi connectivity index (χ3v) is 3.14. The molecular formula is C15H20O3. The van der Waals surface area contributed by atoms with Crippen LogP contribution in [0.4, 0.5) is 0 Å². The maximum atomic E-state index is 12.3. The first-order chi connectivity index (χ1) is 8.58. The number of carbonyl (C=O) groups is 1. The molecule has 2 rings (SSSR count). The molecule has 0 aromatic heterocycles. The Hall–Kier alpha value is -1.35. The zero-order chi connectivity index (χ0) is 13.1. The first-order valence-corrected chi connectivity index (χ1v) is 6.50. The first kappa shape index (κ1) is 13.1. The summed E-state index contributed by atoms with van der Waals surface area (Å²) < 4.78 is 11.1. The molecule has 0 radical (unpaired) electrons. The summed E-state index contributed by atoms with van der Waals surface area (Å²) in [6, 6.07) is 7.35. The number of rotatable bonds is 4. The highest BCUT2D eigenvalue weighted by Crippen LogP contribution is 2.25. The van der Waals surface area contributed by atoms with Crippen molar-refractivity contribution < 1.29 is 14.3 Å². The number of ketones is 1. The van der Waals surface area contributed by atoms with Gasteiger partial charge in [-0.05, 0) is 38.3 Å². The van der Waals surface area contributed by atoms with Gasteiger partial charge in [0.15, 0.2) is 5.78 Å². The van der Waals surface area contributed by atoms with Crippen LogP contribution in [0.3, 0.4) is 0 Å². The number of Topliss-reactive ketones (excluding diaryl/α,β-unsaturated/α-hetero) is 1. The van der Waals surface area contributed by atoms with E-state index in [-0.39, 0.29) is 18.0 Å². The third kappa shape index (κ3) is 2.91. The monoisotopic (exact) mass is 248 g/mol. The smallest absolute Gasteiger partial charge is 0.191 e. The van der Waals surface area contributed by atoms with Crippen molar-refractivity contribution in [1.29, 1.82) is 0 Å². The number of ether oxygens (including phenoxy) is 2. The van der Waals surface area contributed by atoms with Gasteiger partial charge in [0.05, 0.1) is 6.10 Å². The van der Waals surface area contributed by atoms with Gasteiger partial charge in [0.2, 0.25) is 0 Å². The minimum Gasteiger partial charge on any atom is -0.491 e. The van der Waals surface area contributed by atoms with Gasteiger partial charge < -0.3 is 9.47 Å². The normalized spacial score (nSPS) is 23.3. The summed E-state index contributed by atoms with van der Waals surface area (Å²) in [6.45, 7) is 6.68. The molecule has 1 aliphatic heterocycles. The van der Waals surface area contributed by atoms with Crippen LogP contribution in [0.15, 0.2) is 24.3 Å². The summed E-state index contributed by atoms with van der Waals surface area (Å²) in [5.74, 6) is 1.10. The van der Waals surface area contributed by atoms with Gasteiger partial charge in [-0.25, -0.2) is 0 Å². The van der Waals surface area contributed by atoms with Gasteiger partial charge in [-0.2, -0.15) is 0 Å². The van der Waals surface area contributed by atoms with Crippen LogP contribution in [0.25, 0.3) is 0 Å². The van der Waals surface area contributed by atoms with E-state index in [0.717, 1.165) is 12.2 Å². The summed E-state index contributed by atoms with van der Waals surface area (Å²) in [7, 11) is 0. The predicted octanol–water partition coefficient (Wildman–Crippen LogP) is 3.08. The highest BCUT2D eigenvalue weighted by molar-refractivity contribution is 6.00. The van der Waals surface area contributed by atoms with E-state index in [1.54, 1.807) is 6.07 Å². The highest BCUT2D eigenvalue weighted by atomic mass is 16.5. The number of hydrogen-bond acceptors (Lipinski definition) is 3. The molecule has 2 atom stereocenters. The zero-order valence-corrected chi connectivity index (χ0v) is 11.2. The van der Waals surface area contributed by atoms with Crippen LogP contribution in [0.1, 0.15) is 37.6 Å². The molecule has 2 unspecified atom stereocenters. The average Bonchev–Trinajstić information content (AvgIpc) is 2.74. The van der Waals surface area contributed by atoms with Crippen LogP contribution in [-0.4, -0.2) is 24.6 Å². The van der Waals surface area contributed by atoms with E-state index >= 15 is 0 Å². The summed E-state index contributed by atoms with van der Waals surface area (Å²) >= 11 is 0. The lowest BCUT2D eigenvalue weighted by Gasteiger charge is -2.15. The molecule has 98 valence electrons. The third-order valence-electron chi connectivity index (χ3n) is 3.14. The van der Waals surface area contributed by atoms with E-state index in [9.17, 15) is 4.79 Å². The quantitative estimate of drug-likeness (QED) is 0.768. The molecule has 0 N–H and O–H groups in total. The Morgan fingerprint density at radius 2 is 2.22 bits per heavy atom. The lowest BCUT2D eigenvalue weighted by molar-refractivity contribution is 0.0579. The van der Waals surface area contributed by atoms with Crippen molar-refractivity contribution in [2.45, 2.75) is 39.4 Å². The Labute approximate surface area is 108 Å². The first-order valence-electron chi connectivity index (χ1n) is 6.50. The Morgan fingerprint density at radius 1 is 1.44 bits per heavy atom. The molecule has 1 saturated heterocycles. The van der Waals surface area contributed by atoms with Gasteiger partial charge in [0, 0.05) is 12.2 Å². The minimum absolute atomic E-state index is 0.0641. The van der Waals surface area contributed by atoms with Crippen molar-refractivity contribution in [1.82, 2.24) is 0 Å². The maximum Gasteiger partial charge on any atom is 0.191 e. The maximum absolute atomic E-state index is 12.3. The second kappa shape index (κ2) is 5.53. The van der Waals surface area contributed by atoms with Gasteiger partial charge in [-0.3, -0.25) is 4.79 Å². The summed E-state index contributed by atoms with van der Waals surface area (Å²) in [4.78, 5) is 12.3. The van der Waals surface area contributed by atoms with Crippen molar-refractivity contribution >= 4 is 5.78 Å². The number of benzene rings is 1. The lowest BCUT2D eigenvalue weighted by Crippen LogP contribution is -2.25. The molecule has 1 fully saturated rings. The topological polar surface area (TPSA) is 35.5 Å². The van der Waals surface area contributed by atoms with Crippen molar-refractivity contribution in [2.75, 3.05) is 6.61 Å². The van der Waals surface area contributed by atoms with Crippen LogP contribution >= 0.6 is 0 Å². The largest absolute Gasteiger partial charge is 0.491 e. The zero-order valence-electron chi connectivity index (χ0n) is 11.2. The molecule has 0 amide bonds. The van der Waals surface area contributed by atoms with Gasteiger partial charge >= 0.3 is 0 Å². The standard InChI is InChI=1S/C15H20O3/c1-10(2)18-13-6-4-5-12(9-13)14(16)15-11(3)7-8-17-15/h4-6,9-11,15H,7-8H2,1-3H3. The predicted molar refractivity (Wildman–Crippen MR) is 70.1 cm³/mol. The Morgan fingerprint density at radius 3 is 2.83 bits per heavy atom. The van der Waals surface area contributed by atoms with Crippen LogP contribution < -0.4 is 4.74 Å². The average molecular weight is 248 g/mol. The van der Waals surface area contributed by atoms with E-state index in [4.69, 9.17) is 9.47 Å². The lowest BCUT2D eigenvalue weighted by atomic mass is 9.96. The number of hydrogen-bond donors (Lipinski definition) is 0. The van der Waals surface area contributed by atoms with E-state index in [1.165, 1.54) is 0 Å². The summed E-state index contributed by atoms with van der Waals surface area (Å²) in [5.41, 5.74) is 0.673. The van der Waals surface area contributed by atoms with Crippen molar-refractivity contribution in [3.8, 4) is 5.75 Å². The van der Waals surface area contributed by atoms with Crippen LogP contribution in [0, 0.1) is 5.92 Å². The van der Waals surface area contributed by atoms with Crippen molar-refractivity contribution in [3.05, 3.63) is 29.8 Å². The molecule has 1 aromatic rings. The minimum atomic E-state index is -0.292. The second-order valence-corrected chi connectivity index (χ2v) is 5.12. The molecule has 3 heteroatoms.